The molecule has 5 nitrogen and oxygen atoms in total. The van der Waals surface area contributed by atoms with Crippen LogP contribution in [0.2, 0.25) is 0 Å². The standard InChI is InChI=1S/C13H8IN3O2/c14-10-4-2-1-3-9(10)13-15-11-6-5-8(17(18)19)7-12(11)16-13/h1-7H,(H,15,16). The van der Waals surface area contributed by atoms with E-state index < -0.39 is 4.92 Å². The molecule has 2 aromatic carbocycles. The molecule has 0 aliphatic rings. The summed E-state index contributed by atoms with van der Waals surface area (Å²) >= 11 is 2.24. The molecule has 94 valence electrons. The molecule has 0 atom stereocenters. The van der Waals surface area contributed by atoms with E-state index in [0.717, 1.165) is 20.5 Å². The van der Waals surface area contributed by atoms with Crippen molar-refractivity contribution >= 4 is 39.3 Å². The Morgan fingerprint density at radius 2 is 2.00 bits per heavy atom. The highest BCUT2D eigenvalue weighted by molar-refractivity contribution is 14.1. The van der Waals surface area contributed by atoms with Gasteiger partial charge in [0, 0.05) is 21.3 Å². The third-order valence-corrected chi connectivity index (χ3v) is 3.75. The minimum Gasteiger partial charge on any atom is -0.338 e. The van der Waals surface area contributed by atoms with Crippen LogP contribution in [-0.4, -0.2) is 14.9 Å². The maximum absolute atomic E-state index is 10.7. The zero-order chi connectivity index (χ0) is 13.4. The van der Waals surface area contributed by atoms with Crippen LogP contribution < -0.4 is 0 Å². The van der Waals surface area contributed by atoms with Crippen molar-refractivity contribution in [2.45, 2.75) is 0 Å². The van der Waals surface area contributed by atoms with Crippen molar-refractivity contribution in [3.63, 3.8) is 0 Å². The Labute approximate surface area is 122 Å². The van der Waals surface area contributed by atoms with Gasteiger partial charge in [-0.3, -0.25) is 10.1 Å². The predicted octanol–water partition coefficient (Wildman–Crippen LogP) is 3.74. The number of nitrogens with zero attached hydrogens (tertiary/aromatic N) is 2. The maximum Gasteiger partial charge on any atom is 0.271 e. The maximum atomic E-state index is 10.7. The number of nitro benzene ring substituents is 1. The van der Waals surface area contributed by atoms with Crippen molar-refractivity contribution in [3.05, 3.63) is 56.1 Å². The summed E-state index contributed by atoms with van der Waals surface area (Å²) in [5.41, 5.74) is 2.44. The van der Waals surface area contributed by atoms with Crippen LogP contribution in [0.3, 0.4) is 0 Å². The molecule has 0 amide bonds. The molecule has 0 aliphatic heterocycles. The number of hydrogen-bond donors (Lipinski definition) is 1. The summed E-state index contributed by atoms with van der Waals surface area (Å²) in [7, 11) is 0. The third-order valence-electron chi connectivity index (χ3n) is 2.81. The summed E-state index contributed by atoms with van der Waals surface area (Å²) in [6.07, 6.45) is 0. The van der Waals surface area contributed by atoms with Gasteiger partial charge in [0.2, 0.25) is 0 Å². The van der Waals surface area contributed by atoms with Crippen LogP contribution in [0.5, 0.6) is 0 Å². The van der Waals surface area contributed by atoms with Crippen LogP contribution in [0, 0.1) is 13.7 Å². The van der Waals surface area contributed by atoms with E-state index >= 15 is 0 Å². The van der Waals surface area contributed by atoms with Crippen LogP contribution >= 0.6 is 22.6 Å². The molecule has 0 unspecified atom stereocenters. The Balaban J connectivity index is 2.17. The molecule has 6 heteroatoms. The number of non-ortho nitro benzene ring substituents is 1. The number of benzene rings is 2. The molecule has 0 spiro atoms. The average Bonchev–Trinajstić information content (AvgIpc) is 2.81. The first-order valence-corrected chi connectivity index (χ1v) is 6.62. The van der Waals surface area contributed by atoms with Crippen LogP contribution in [0.25, 0.3) is 22.4 Å². The van der Waals surface area contributed by atoms with E-state index in [4.69, 9.17) is 0 Å². The van der Waals surface area contributed by atoms with Gasteiger partial charge in [0.05, 0.1) is 16.0 Å². The van der Waals surface area contributed by atoms with E-state index in [1.54, 1.807) is 6.07 Å². The number of nitro groups is 1. The zero-order valence-electron chi connectivity index (χ0n) is 9.63. The molecule has 0 aliphatic carbocycles. The molecule has 3 rings (SSSR count). The first-order valence-electron chi connectivity index (χ1n) is 5.54. The minimum absolute atomic E-state index is 0.0606. The van der Waals surface area contributed by atoms with Crippen LogP contribution in [0.1, 0.15) is 0 Å². The lowest BCUT2D eigenvalue weighted by molar-refractivity contribution is -0.384. The third kappa shape index (κ3) is 2.19. The van der Waals surface area contributed by atoms with Gasteiger partial charge in [0.15, 0.2) is 0 Å². The Morgan fingerprint density at radius 3 is 2.74 bits per heavy atom. The van der Waals surface area contributed by atoms with Gasteiger partial charge in [-0.2, -0.15) is 0 Å². The summed E-state index contributed by atoms with van der Waals surface area (Å²) in [6.45, 7) is 0. The monoisotopic (exact) mass is 365 g/mol. The molecular formula is C13H8IN3O2. The van der Waals surface area contributed by atoms with Gasteiger partial charge < -0.3 is 4.98 Å². The molecule has 1 N–H and O–H groups in total. The molecule has 0 saturated carbocycles. The fraction of sp³-hybridized carbons (Fsp3) is 0. The molecule has 0 saturated heterocycles. The number of nitrogens with one attached hydrogen (secondary N) is 1. The van der Waals surface area contributed by atoms with Gasteiger partial charge in [-0.25, -0.2) is 4.98 Å². The minimum atomic E-state index is -0.410. The summed E-state index contributed by atoms with van der Waals surface area (Å²) in [6, 6.07) is 12.5. The highest BCUT2D eigenvalue weighted by Gasteiger charge is 2.11. The average molecular weight is 365 g/mol. The van der Waals surface area contributed by atoms with Gasteiger partial charge in [-0.05, 0) is 34.7 Å². The number of fused-ring (bicyclic) bond motifs is 1. The molecule has 1 aromatic heterocycles. The van der Waals surface area contributed by atoms with Gasteiger partial charge in [-0.1, -0.05) is 18.2 Å². The number of halogens is 1. The van der Waals surface area contributed by atoms with E-state index in [0.29, 0.717) is 5.52 Å². The van der Waals surface area contributed by atoms with Gasteiger partial charge in [0.25, 0.3) is 5.69 Å². The lowest BCUT2D eigenvalue weighted by Gasteiger charge is -1.98. The van der Waals surface area contributed by atoms with Gasteiger partial charge >= 0.3 is 0 Å². The molecular weight excluding hydrogens is 357 g/mol. The topological polar surface area (TPSA) is 71.8 Å². The SMILES string of the molecule is O=[N+]([O-])c1ccc2nc(-c3ccccc3I)[nH]c2c1. The second kappa shape index (κ2) is 4.61. The first kappa shape index (κ1) is 12.1. The lowest BCUT2D eigenvalue weighted by Crippen LogP contribution is -1.86. The molecule has 1 heterocycles. The van der Waals surface area contributed by atoms with Crippen molar-refractivity contribution in [1.29, 1.82) is 0 Å². The second-order valence-corrected chi connectivity index (χ2v) is 5.19. The Morgan fingerprint density at radius 1 is 1.21 bits per heavy atom. The second-order valence-electron chi connectivity index (χ2n) is 4.02. The zero-order valence-corrected chi connectivity index (χ0v) is 11.8. The van der Waals surface area contributed by atoms with Crippen molar-refractivity contribution < 1.29 is 4.92 Å². The number of rotatable bonds is 2. The summed E-state index contributed by atoms with van der Waals surface area (Å²) in [5.74, 6) is 0.723. The number of hydrogen-bond acceptors (Lipinski definition) is 3. The Kier molecular flexibility index (Phi) is 2.94. The van der Waals surface area contributed by atoms with E-state index in [-0.39, 0.29) is 5.69 Å². The van der Waals surface area contributed by atoms with Crippen LogP contribution in [0.4, 0.5) is 5.69 Å². The fourth-order valence-electron chi connectivity index (χ4n) is 1.89. The van der Waals surface area contributed by atoms with E-state index in [1.807, 2.05) is 24.3 Å². The fourth-order valence-corrected chi connectivity index (χ4v) is 2.53. The van der Waals surface area contributed by atoms with Gasteiger partial charge in [-0.15, -0.1) is 0 Å². The first-order chi connectivity index (χ1) is 9.15. The summed E-state index contributed by atoms with van der Waals surface area (Å²) in [5, 5.41) is 10.7. The Hall–Kier alpha value is -1.96. The van der Waals surface area contributed by atoms with Crippen molar-refractivity contribution in [2.75, 3.05) is 0 Å². The van der Waals surface area contributed by atoms with E-state index in [1.165, 1.54) is 12.1 Å². The highest BCUT2D eigenvalue weighted by atomic mass is 127. The van der Waals surface area contributed by atoms with Crippen molar-refractivity contribution in [1.82, 2.24) is 9.97 Å². The van der Waals surface area contributed by atoms with E-state index in [2.05, 4.69) is 32.6 Å². The molecule has 0 radical (unpaired) electrons. The molecule has 3 aromatic rings. The largest absolute Gasteiger partial charge is 0.338 e. The van der Waals surface area contributed by atoms with Crippen molar-refractivity contribution in [2.24, 2.45) is 0 Å². The molecule has 0 bridgehead atoms. The predicted molar refractivity (Wildman–Crippen MR) is 80.9 cm³/mol. The van der Waals surface area contributed by atoms with Crippen molar-refractivity contribution in [3.8, 4) is 11.4 Å². The van der Waals surface area contributed by atoms with Crippen LogP contribution in [-0.2, 0) is 0 Å². The highest BCUT2D eigenvalue weighted by Crippen LogP contribution is 2.26. The van der Waals surface area contributed by atoms with E-state index in [9.17, 15) is 10.1 Å². The van der Waals surface area contributed by atoms with Gasteiger partial charge in [0.1, 0.15) is 5.82 Å². The number of H-pyrrole nitrogens is 1. The Bertz CT molecular complexity index is 782. The number of aromatic nitrogens is 2. The molecule has 0 fully saturated rings. The summed E-state index contributed by atoms with van der Waals surface area (Å²) < 4.78 is 1.08. The quantitative estimate of drug-likeness (QED) is 0.427. The normalized spacial score (nSPS) is 10.8. The molecule has 19 heavy (non-hydrogen) atoms. The smallest absolute Gasteiger partial charge is 0.271 e. The van der Waals surface area contributed by atoms with Crippen LogP contribution in [0.15, 0.2) is 42.5 Å². The number of imidazole rings is 1. The summed E-state index contributed by atoms with van der Waals surface area (Å²) in [4.78, 5) is 17.9. The number of aromatic amines is 1. The lowest BCUT2D eigenvalue weighted by atomic mass is 10.2.